The number of esters is 1. The first kappa shape index (κ1) is 14.5. The van der Waals surface area contributed by atoms with Crippen molar-refractivity contribution in [3.8, 4) is 0 Å². The van der Waals surface area contributed by atoms with Crippen LogP contribution >= 0.6 is 11.6 Å². The highest BCUT2D eigenvalue weighted by molar-refractivity contribution is 6.33. The summed E-state index contributed by atoms with van der Waals surface area (Å²) in [6.07, 6.45) is 0. The normalized spacial score (nSPS) is 9.94. The molecule has 0 aliphatic heterocycles. The highest BCUT2D eigenvalue weighted by Crippen LogP contribution is 2.23. The van der Waals surface area contributed by atoms with Gasteiger partial charge >= 0.3 is 5.97 Å². The molecule has 1 aromatic rings. The summed E-state index contributed by atoms with van der Waals surface area (Å²) < 4.78 is 9.54. The number of amides is 1. The number of ether oxygens (including phenoxy) is 2. The van der Waals surface area contributed by atoms with Gasteiger partial charge < -0.3 is 14.8 Å². The van der Waals surface area contributed by atoms with E-state index in [0.29, 0.717) is 22.9 Å². The van der Waals surface area contributed by atoms with Crippen molar-refractivity contribution in [2.75, 3.05) is 25.6 Å². The van der Waals surface area contributed by atoms with E-state index in [1.807, 2.05) is 0 Å². The maximum absolute atomic E-state index is 11.5. The number of benzene rings is 1. The van der Waals surface area contributed by atoms with Crippen LogP contribution in [0.3, 0.4) is 0 Å². The van der Waals surface area contributed by atoms with Gasteiger partial charge in [-0.05, 0) is 25.1 Å². The number of rotatable bonds is 5. The third-order valence-corrected chi connectivity index (χ3v) is 2.43. The van der Waals surface area contributed by atoms with Gasteiger partial charge in [0.1, 0.15) is 6.61 Å². The van der Waals surface area contributed by atoms with E-state index in [1.165, 1.54) is 25.3 Å². The van der Waals surface area contributed by atoms with Gasteiger partial charge in [0.2, 0.25) is 5.91 Å². The van der Waals surface area contributed by atoms with Crippen LogP contribution in [0, 0.1) is 0 Å². The van der Waals surface area contributed by atoms with Crippen LogP contribution in [-0.4, -0.2) is 32.2 Å². The fourth-order valence-corrected chi connectivity index (χ4v) is 1.41. The summed E-state index contributed by atoms with van der Waals surface area (Å²) in [5, 5.41) is 2.90. The fraction of sp³-hybridized carbons (Fsp3) is 0.333. The minimum atomic E-state index is -0.494. The van der Waals surface area contributed by atoms with Crippen molar-refractivity contribution in [1.29, 1.82) is 0 Å². The van der Waals surface area contributed by atoms with Crippen LogP contribution in [0.2, 0.25) is 5.02 Å². The van der Waals surface area contributed by atoms with Crippen LogP contribution in [0.4, 0.5) is 5.69 Å². The quantitative estimate of drug-likeness (QED) is 0.833. The van der Waals surface area contributed by atoms with Gasteiger partial charge in [-0.15, -0.1) is 0 Å². The molecule has 1 N–H and O–H groups in total. The largest absolute Gasteiger partial charge is 0.465 e. The van der Waals surface area contributed by atoms with Crippen LogP contribution in [0.15, 0.2) is 18.2 Å². The summed E-state index contributed by atoms with van der Waals surface area (Å²) in [4.78, 5) is 22.8. The lowest BCUT2D eigenvalue weighted by atomic mass is 10.2. The molecular weight excluding hydrogens is 258 g/mol. The van der Waals surface area contributed by atoms with Crippen LogP contribution in [0.1, 0.15) is 17.3 Å². The highest BCUT2D eigenvalue weighted by atomic mass is 35.5. The topological polar surface area (TPSA) is 64.6 Å². The monoisotopic (exact) mass is 271 g/mol. The van der Waals surface area contributed by atoms with Crippen molar-refractivity contribution in [2.24, 2.45) is 0 Å². The van der Waals surface area contributed by atoms with Crippen LogP contribution in [0.25, 0.3) is 0 Å². The Balaban J connectivity index is 2.81. The maximum Gasteiger partial charge on any atom is 0.337 e. The van der Waals surface area contributed by atoms with E-state index in [-0.39, 0.29) is 12.5 Å². The molecule has 0 aliphatic carbocycles. The van der Waals surface area contributed by atoms with E-state index in [1.54, 1.807) is 6.92 Å². The Morgan fingerprint density at radius 3 is 2.72 bits per heavy atom. The van der Waals surface area contributed by atoms with Gasteiger partial charge in [0.15, 0.2) is 0 Å². The molecule has 0 bridgehead atoms. The molecule has 0 spiro atoms. The summed E-state index contributed by atoms with van der Waals surface area (Å²) in [5.74, 6) is -0.826. The molecule has 0 aliphatic rings. The molecule has 0 saturated heterocycles. The van der Waals surface area contributed by atoms with Crippen molar-refractivity contribution < 1.29 is 19.1 Å². The minimum absolute atomic E-state index is 0.0602. The maximum atomic E-state index is 11.5. The number of anilines is 1. The van der Waals surface area contributed by atoms with Crippen molar-refractivity contribution in [1.82, 2.24) is 0 Å². The number of carbonyl (C=O) groups excluding carboxylic acids is 2. The molecule has 0 aromatic heterocycles. The molecule has 0 unspecified atom stereocenters. The van der Waals surface area contributed by atoms with Gasteiger partial charge in [0.05, 0.1) is 23.4 Å². The average Bonchev–Trinajstić information content (AvgIpc) is 2.38. The first-order chi connectivity index (χ1) is 8.58. The second-order valence-electron chi connectivity index (χ2n) is 3.37. The molecule has 0 atom stereocenters. The SMILES string of the molecule is CCOCC(=O)Nc1cc(C(=O)OC)ccc1Cl. The van der Waals surface area contributed by atoms with Crippen molar-refractivity contribution in [3.05, 3.63) is 28.8 Å². The summed E-state index contributed by atoms with van der Waals surface area (Å²) >= 11 is 5.91. The molecular formula is C12H14ClNO4. The highest BCUT2D eigenvalue weighted by Gasteiger charge is 2.11. The number of hydrogen-bond donors (Lipinski definition) is 1. The summed E-state index contributed by atoms with van der Waals surface area (Å²) in [7, 11) is 1.28. The molecule has 1 amide bonds. The Kier molecular flexibility index (Phi) is 5.61. The first-order valence-electron chi connectivity index (χ1n) is 5.34. The number of hydrogen-bond acceptors (Lipinski definition) is 4. The Bertz CT molecular complexity index is 448. The fourth-order valence-electron chi connectivity index (χ4n) is 1.25. The van der Waals surface area contributed by atoms with Crippen molar-refractivity contribution >= 4 is 29.2 Å². The third kappa shape index (κ3) is 4.01. The van der Waals surface area contributed by atoms with Crippen molar-refractivity contribution in [2.45, 2.75) is 6.92 Å². The average molecular weight is 272 g/mol. The molecule has 98 valence electrons. The molecule has 6 heteroatoms. The summed E-state index contributed by atoms with van der Waals surface area (Å²) in [6.45, 7) is 2.18. The number of halogens is 1. The van der Waals surface area contributed by atoms with Crippen molar-refractivity contribution in [3.63, 3.8) is 0 Å². The lowest BCUT2D eigenvalue weighted by Crippen LogP contribution is -2.18. The number of carbonyl (C=O) groups is 2. The van der Waals surface area contributed by atoms with Gasteiger partial charge in [-0.2, -0.15) is 0 Å². The Morgan fingerprint density at radius 2 is 2.11 bits per heavy atom. The second kappa shape index (κ2) is 6.98. The van der Waals surface area contributed by atoms with Gasteiger partial charge in [-0.3, -0.25) is 4.79 Å². The van der Waals surface area contributed by atoms with E-state index < -0.39 is 5.97 Å². The number of nitrogens with one attached hydrogen (secondary N) is 1. The predicted octanol–water partition coefficient (Wildman–Crippen LogP) is 2.10. The minimum Gasteiger partial charge on any atom is -0.465 e. The first-order valence-corrected chi connectivity index (χ1v) is 5.71. The van der Waals surface area contributed by atoms with Gasteiger partial charge in [-0.1, -0.05) is 11.6 Å². The Morgan fingerprint density at radius 1 is 1.39 bits per heavy atom. The zero-order valence-electron chi connectivity index (χ0n) is 10.2. The molecule has 0 fully saturated rings. The second-order valence-corrected chi connectivity index (χ2v) is 3.78. The zero-order valence-corrected chi connectivity index (χ0v) is 10.9. The van der Waals surface area contributed by atoms with Gasteiger partial charge in [0.25, 0.3) is 0 Å². The molecule has 5 nitrogen and oxygen atoms in total. The molecule has 1 rings (SSSR count). The van der Waals surface area contributed by atoms with Crippen LogP contribution < -0.4 is 5.32 Å². The van der Waals surface area contributed by atoms with E-state index in [2.05, 4.69) is 10.1 Å². The lowest BCUT2D eigenvalue weighted by Gasteiger charge is -2.08. The predicted molar refractivity (Wildman–Crippen MR) is 67.9 cm³/mol. The lowest BCUT2D eigenvalue weighted by molar-refractivity contribution is -0.120. The van der Waals surface area contributed by atoms with Gasteiger partial charge in [-0.25, -0.2) is 4.79 Å². The molecule has 0 heterocycles. The molecule has 0 radical (unpaired) electrons. The number of methoxy groups -OCH3 is 1. The molecule has 1 aromatic carbocycles. The van der Waals surface area contributed by atoms with E-state index in [9.17, 15) is 9.59 Å². The van der Waals surface area contributed by atoms with E-state index in [0.717, 1.165) is 0 Å². The Hall–Kier alpha value is -1.59. The zero-order chi connectivity index (χ0) is 13.5. The van der Waals surface area contributed by atoms with E-state index in [4.69, 9.17) is 16.3 Å². The van der Waals surface area contributed by atoms with E-state index >= 15 is 0 Å². The summed E-state index contributed by atoms with van der Waals surface area (Å²) in [5.41, 5.74) is 0.665. The Labute approximate surface area is 110 Å². The van der Waals surface area contributed by atoms with Crippen LogP contribution in [-0.2, 0) is 14.3 Å². The molecule has 0 saturated carbocycles. The summed E-state index contributed by atoms with van der Waals surface area (Å²) in [6, 6.07) is 4.49. The third-order valence-electron chi connectivity index (χ3n) is 2.10. The smallest absolute Gasteiger partial charge is 0.337 e. The van der Waals surface area contributed by atoms with Gasteiger partial charge in [0, 0.05) is 6.61 Å². The standard InChI is InChI=1S/C12H14ClNO4/c1-3-18-7-11(15)14-10-6-8(12(16)17-2)4-5-9(10)13/h4-6H,3,7H2,1-2H3,(H,14,15). The molecule has 18 heavy (non-hydrogen) atoms. The van der Waals surface area contributed by atoms with Crippen LogP contribution in [0.5, 0.6) is 0 Å².